The van der Waals surface area contributed by atoms with Crippen LogP contribution in [0.1, 0.15) is 6.42 Å². The molecule has 2 N–H and O–H groups in total. The van der Waals surface area contributed by atoms with Crippen LogP contribution in [0.15, 0.2) is 29.2 Å². The van der Waals surface area contributed by atoms with Gasteiger partial charge in [-0.3, -0.25) is 4.79 Å². The lowest BCUT2D eigenvalue weighted by Crippen LogP contribution is -2.38. The first kappa shape index (κ1) is 15.2. The molecule has 1 aliphatic heterocycles. The monoisotopic (exact) mass is 314 g/mol. The number of nitrogen functional groups attached to an aromatic ring is 1. The predicted octanol–water partition coefficient (Wildman–Crippen LogP) is 1.01. The second-order valence-electron chi connectivity index (χ2n) is 4.89. The highest BCUT2D eigenvalue weighted by Gasteiger charge is 2.32. The van der Waals surface area contributed by atoms with E-state index in [1.807, 2.05) is 18.2 Å². The molecule has 0 radical (unpaired) electrons. The van der Waals surface area contributed by atoms with E-state index in [1.165, 1.54) is 11.8 Å². The fourth-order valence-corrected chi connectivity index (χ4v) is 4.80. The van der Waals surface area contributed by atoms with Crippen LogP contribution in [0.5, 0.6) is 0 Å². The summed E-state index contributed by atoms with van der Waals surface area (Å²) in [4.78, 5) is 14.5. The molecule has 20 heavy (non-hydrogen) atoms. The predicted molar refractivity (Wildman–Crippen MR) is 81.4 cm³/mol. The molecular formula is C13H18N2O3S2. The summed E-state index contributed by atoms with van der Waals surface area (Å²) < 4.78 is 22.9. The number of para-hydroxylation sites is 1. The van der Waals surface area contributed by atoms with Gasteiger partial charge >= 0.3 is 0 Å². The fraction of sp³-hybridized carbons (Fsp3) is 0.462. The molecule has 110 valence electrons. The van der Waals surface area contributed by atoms with Gasteiger partial charge in [0.2, 0.25) is 5.91 Å². The molecule has 0 spiro atoms. The first-order chi connectivity index (χ1) is 9.39. The van der Waals surface area contributed by atoms with Crippen LogP contribution in [0, 0.1) is 0 Å². The number of benzene rings is 1. The molecule has 7 heteroatoms. The van der Waals surface area contributed by atoms with Crippen LogP contribution < -0.4 is 5.73 Å². The number of rotatable bonds is 4. The van der Waals surface area contributed by atoms with Gasteiger partial charge in [0, 0.05) is 23.7 Å². The average Bonchev–Trinajstić information content (AvgIpc) is 2.77. The van der Waals surface area contributed by atoms with Crippen molar-refractivity contribution in [1.29, 1.82) is 0 Å². The van der Waals surface area contributed by atoms with Crippen LogP contribution in [-0.2, 0) is 14.6 Å². The van der Waals surface area contributed by atoms with Gasteiger partial charge in [-0.25, -0.2) is 8.42 Å². The molecular weight excluding hydrogens is 296 g/mol. The molecule has 0 saturated carbocycles. The minimum absolute atomic E-state index is 0.0691. The zero-order valence-electron chi connectivity index (χ0n) is 11.3. The third-order valence-corrected chi connectivity index (χ3v) is 6.24. The van der Waals surface area contributed by atoms with E-state index >= 15 is 0 Å². The number of amides is 1. The summed E-state index contributed by atoms with van der Waals surface area (Å²) in [5.74, 6) is 0.447. The highest BCUT2D eigenvalue weighted by molar-refractivity contribution is 8.00. The zero-order valence-corrected chi connectivity index (χ0v) is 12.9. The van der Waals surface area contributed by atoms with Gasteiger partial charge in [-0.2, -0.15) is 0 Å². The summed E-state index contributed by atoms with van der Waals surface area (Å²) >= 11 is 1.38. The van der Waals surface area contributed by atoms with E-state index in [0.717, 1.165) is 4.90 Å². The number of carbonyl (C=O) groups is 1. The van der Waals surface area contributed by atoms with Gasteiger partial charge in [-0.1, -0.05) is 12.1 Å². The molecule has 1 atom stereocenters. The van der Waals surface area contributed by atoms with Gasteiger partial charge in [0.15, 0.2) is 9.84 Å². The van der Waals surface area contributed by atoms with Gasteiger partial charge in [0.25, 0.3) is 0 Å². The Hall–Kier alpha value is -1.21. The van der Waals surface area contributed by atoms with Crippen LogP contribution in [0.25, 0.3) is 0 Å². The molecule has 1 fully saturated rings. The summed E-state index contributed by atoms with van der Waals surface area (Å²) in [6, 6.07) is 7.18. The Labute approximate surface area is 123 Å². The number of sulfone groups is 1. The standard InChI is InChI=1S/C13H18N2O3S2/c1-15(10-6-7-20(17,18)9-10)13(16)8-19-12-5-3-2-4-11(12)14/h2-5,10H,6-9,14H2,1H3. The maximum atomic E-state index is 12.1. The molecule has 0 bridgehead atoms. The van der Waals surface area contributed by atoms with Crippen molar-refractivity contribution in [2.75, 3.05) is 30.0 Å². The van der Waals surface area contributed by atoms with Gasteiger partial charge in [0.1, 0.15) is 0 Å². The van der Waals surface area contributed by atoms with Crippen molar-refractivity contribution in [2.24, 2.45) is 0 Å². The molecule has 1 amide bonds. The van der Waals surface area contributed by atoms with Gasteiger partial charge in [-0.15, -0.1) is 11.8 Å². The lowest BCUT2D eigenvalue weighted by Gasteiger charge is -2.23. The van der Waals surface area contributed by atoms with E-state index in [2.05, 4.69) is 0 Å². The van der Waals surface area contributed by atoms with E-state index in [-0.39, 0.29) is 29.2 Å². The summed E-state index contributed by atoms with van der Waals surface area (Å²) in [6.07, 6.45) is 0.530. The summed E-state index contributed by atoms with van der Waals surface area (Å²) in [5.41, 5.74) is 6.46. The topological polar surface area (TPSA) is 80.5 Å². The van der Waals surface area contributed by atoms with Crippen LogP contribution >= 0.6 is 11.8 Å². The molecule has 1 heterocycles. The Morgan fingerprint density at radius 1 is 1.45 bits per heavy atom. The lowest BCUT2D eigenvalue weighted by atomic mass is 10.2. The first-order valence-electron chi connectivity index (χ1n) is 6.32. The molecule has 1 unspecified atom stereocenters. The molecule has 1 aromatic rings. The van der Waals surface area contributed by atoms with Crippen LogP contribution in [0.2, 0.25) is 0 Å². The lowest BCUT2D eigenvalue weighted by molar-refractivity contribution is -0.128. The normalized spacial score (nSPS) is 20.8. The SMILES string of the molecule is CN(C(=O)CSc1ccccc1N)C1CCS(=O)(=O)C1. The summed E-state index contributed by atoms with van der Waals surface area (Å²) in [6.45, 7) is 0. The second kappa shape index (κ2) is 6.05. The molecule has 1 saturated heterocycles. The van der Waals surface area contributed by atoms with E-state index in [4.69, 9.17) is 5.73 Å². The van der Waals surface area contributed by atoms with Crippen molar-refractivity contribution in [3.8, 4) is 0 Å². The number of hydrogen-bond donors (Lipinski definition) is 1. The Kier molecular flexibility index (Phi) is 4.59. The van der Waals surface area contributed by atoms with Gasteiger partial charge < -0.3 is 10.6 Å². The van der Waals surface area contributed by atoms with Crippen molar-refractivity contribution >= 4 is 33.2 Å². The minimum Gasteiger partial charge on any atom is -0.398 e. The van der Waals surface area contributed by atoms with Crippen molar-refractivity contribution in [1.82, 2.24) is 4.90 Å². The zero-order chi connectivity index (χ0) is 14.8. The van der Waals surface area contributed by atoms with Crippen molar-refractivity contribution in [3.05, 3.63) is 24.3 Å². The Morgan fingerprint density at radius 2 is 2.15 bits per heavy atom. The molecule has 1 aromatic carbocycles. The first-order valence-corrected chi connectivity index (χ1v) is 9.13. The molecule has 1 aliphatic rings. The van der Waals surface area contributed by atoms with Gasteiger partial charge in [-0.05, 0) is 18.6 Å². The smallest absolute Gasteiger partial charge is 0.232 e. The number of anilines is 1. The molecule has 0 aromatic heterocycles. The quantitative estimate of drug-likeness (QED) is 0.662. The number of hydrogen-bond acceptors (Lipinski definition) is 5. The average molecular weight is 314 g/mol. The van der Waals surface area contributed by atoms with Crippen LogP contribution in [0.3, 0.4) is 0 Å². The van der Waals surface area contributed by atoms with Crippen LogP contribution in [0.4, 0.5) is 5.69 Å². The number of carbonyl (C=O) groups excluding carboxylic acids is 1. The summed E-state index contributed by atoms with van der Waals surface area (Å²) in [7, 11) is -1.30. The molecule has 5 nitrogen and oxygen atoms in total. The maximum Gasteiger partial charge on any atom is 0.232 e. The Bertz CT molecular complexity index is 601. The number of nitrogens with zero attached hydrogens (tertiary/aromatic N) is 1. The third kappa shape index (κ3) is 3.67. The highest BCUT2D eigenvalue weighted by atomic mass is 32.2. The summed E-state index contributed by atoms with van der Waals surface area (Å²) in [5, 5.41) is 0. The van der Waals surface area contributed by atoms with E-state index in [0.29, 0.717) is 12.1 Å². The number of thioether (sulfide) groups is 1. The highest BCUT2D eigenvalue weighted by Crippen LogP contribution is 2.25. The van der Waals surface area contributed by atoms with Crippen molar-refractivity contribution in [2.45, 2.75) is 17.4 Å². The largest absolute Gasteiger partial charge is 0.398 e. The molecule has 0 aliphatic carbocycles. The van der Waals surface area contributed by atoms with E-state index in [1.54, 1.807) is 18.0 Å². The molecule has 2 rings (SSSR count). The van der Waals surface area contributed by atoms with E-state index in [9.17, 15) is 13.2 Å². The van der Waals surface area contributed by atoms with Crippen LogP contribution in [-0.4, -0.2) is 49.6 Å². The number of nitrogens with two attached hydrogens (primary N) is 1. The fourth-order valence-electron chi connectivity index (χ4n) is 2.14. The van der Waals surface area contributed by atoms with Gasteiger partial charge in [0.05, 0.1) is 17.3 Å². The second-order valence-corrected chi connectivity index (χ2v) is 8.13. The van der Waals surface area contributed by atoms with E-state index < -0.39 is 9.84 Å². The Morgan fingerprint density at radius 3 is 2.75 bits per heavy atom. The van der Waals surface area contributed by atoms with Crippen molar-refractivity contribution in [3.63, 3.8) is 0 Å². The Balaban J connectivity index is 1.91. The minimum atomic E-state index is -2.97. The maximum absolute atomic E-state index is 12.1. The third-order valence-electron chi connectivity index (χ3n) is 3.42. The van der Waals surface area contributed by atoms with Crippen molar-refractivity contribution < 1.29 is 13.2 Å².